The van der Waals surface area contributed by atoms with E-state index in [1.165, 1.54) is 6.42 Å². The molecule has 122 valence electrons. The van der Waals surface area contributed by atoms with Crippen molar-refractivity contribution in [1.29, 1.82) is 0 Å². The molecule has 0 bridgehead atoms. The Morgan fingerprint density at radius 1 is 1.36 bits per heavy atom. The first-order valence-electron chi connectivity index (χ1n) is 8.23. The molecule has 2 unspecified atom stereocenters. The Balaban J connectivity index is 1.85. The molecule has 2 amide bonds. The molecule has 4 heteroatoms. The van der Waals surface area contributed by atoms with Gasteiger partial charge in [-0.15, -0.1) is 0 Å². The molecule has 2 atom stereocenters. The largest absolute Gasteiger partial charge is 0.396 e. The average Bonchev–Trinajstić information content (AvgIpc) is 2.83. The van der Waals surface area contributed by atoms with Crippen molar-refractivity contribution in [3.05, 3.63) is 35.9 Å². The van der Waals surface area contributed by atoms with Crippen molar-refractivity contribution in [3.8, 4) is 0 Å². The zero-order chi connectivity index (χ0) is 16.0. The van der Waals surface area contributed by atoms with Crippen LogP contribution in [0.15, 0.2) is 30.3 Å². The average molecular weight is 304 g/mol. The summed E-state index contributed by atoms with van der Waals surface area (Å²) in [6.07, 6.45) is 4.04. The van der Waals surface area contributed by atoms with Crippen LogP contribution in [-0.2, 0) is 0 Å². The Morgan fingerprint density at radius 2 is 2.09 bits per heavy atom. The second-order valence-electron chi connectivity index (χ2n) is 6.91. The molecule has 3 N–H and O–H groups in total. The van der Waals surface area contributed by atoms with E-state index in [2.05, 4.69) is 24.5 Å². The van der Waals surface area contributed by atoms with E-state index in [9.17, 15) is 9.90 Å². The molecule has 1 fully saturated rings. The van der Waals surface area contributed by atoms with E-state index in [4.69, 9.17) is 0 Å². The van der Waals surface area contributed by atoms with Crippen molar-refractivity contribution in [2.75, 3.05) is 13.2 Å². The standard InChI is InChI=1S/C18H28N2O2/c1-18(2)11-6-9-16(18)20-17(22)19-13-15(10-12-21)14-7-4-3-5-8-14/h3-5,7-8,15-16,21H,6,9-13H2,1-2H3,(H2,19,20,22). The summed E-state index contributed by atoms with van der Waals surface area (Å²) in [6, 6.07) is 10.2. The van der Waals surface area contributed by atoms with Gasteiger partial charge in [-0.2, -0.15) is 0 Å². The summed E-state index contributed by atoms with van der Waals surface area (Å²) in [7, 11) is 0. The van der Waals surface area contributed by atoms with Crippen molar-refractivity contribution >= 4 is 6.03 Å². The highest BCUT2D eigenvalue weighted by molar-refractivity contribution is 5.74. The van der Waals surface area contributed by atoms with E-state index >= 15 is 0 Å². The number of nitrogens with one attached hydrogen (secondary N) is 2. The van der Waals surface area contributed by atoms with Crippen molar-refractivity contribution in [3.63, 3.8) is 0 Å². The number of benzene rings is 1. The topological polar surface area (TPSA) is 61.4 Å². The fourth-order valence-corrected chi connectivity index (χ4v) is 3.29. The number of aliphatic hydroxyl groups is 1. The molecular formula is C18H28N2O2. The highest BCUT2D eigenvalue weighted by Crippen LogP contribution is 2.37. The van der Waals surface area contributed by atoms with E-state index in [1.54, 1.807) is 0 Å². The van der Waals surface area contributed by atoms with Gasteiger partial charge < -0.3 is 15.7 Å². The second-order valence-corrected chi connectivity index (χ2v) is 6.91. The zero-order valence-corrected chi connectivity index (χ0v) is 13.6. The number of carbonyl (C=O) groups excluding carboxylic acids is 1. The molecule has 4 nitrogen and oxygen atoms in total. The second kappa shape index (κ2) is 7.63. The van der Waals surface area contributed by atoms with Crippen LogP contribution in [0.1, 0.15) is 51.0 Å². The summed E-state index contributed by atoms with van der Waals surface area (Å²) in [5.74, 6) is 0.147. The monoisotopic (exact) mass is 304 g/mol. The maximum Gasteiger partial charge on any atom is 0.315 e. The van der Waals surface area contributed by atoms with Gasteiger partial charge in [0.15, 0.2) is 0 Å². The lowest BCUT2D eigenvalue weighted by atomic mass is 9.87. The van der Waals surface area contributed by atoms with Crippen molar-refractivity contribution in [2.24, 2.45) is 5.41 Å². The maximum atomic E-state index is 12.1. The first-order valence-corrected chi connectivity index (χ1v) is 8.23. The molecule has 0 spiro atoms. The first-order chi connectivity index (χ1) is 10.5. The first kappa shape index (κ1) is 16.8. The molecule has 0 aliphatic heterocycles. The van der Waals surface area contributed by atoms with Gasteiger partial charge in [0.05, 0.1) is 0 Å². The van der Waals surface area contributed by atoms with E-state index in [1.807, 2.05) is 30.3 Å². The van der Waals surface area contributed by atoms with Gasteiger partial charge in [-0.25, -0.2) is 4.79 Å². The predicted octanol–water partition coefficient (Wildman–Crippen LogP) is 3.03. The third-order valence-corrected chi connectivity index (χ3v) is 4.82. The predicted molar refractivity (Wildman–Crippen MR) is 88.8 cm³/mol. The SMILES string of the molecule is CC1(C)CCCC1NC(=O)NCC(CCO)c1ccccc1. The number of aliphatic hydroxyl groups excluding tert-OH is 1. The molecule has 1 aromatic carbocycles. The quantitative estimate of drug-likeness (QED) is 0.756. The molecule has 0 radical (unpaired) electrons. The van der Waals surface area contributed by atoms with Crippen molar-refractivity contribution < 1.29 is 9.90 Å². The number of rotatable bonds is 6. The smallest absolute Gasteiger partial charge is 0.315 e. The van der Waals surface area contributed by atoms with Crippen LogP contribution in [-0.4, -0.2) is 30.3 Å². The number of carbonyl (C=O) groups is 1. The molecule has 0 aromatic heterocycles. The lowest BCUT2D eigenvalue weighted by Crippen LogP contribution is -2.47. The van der Waals surface area contributed by atoms with Gasteiger partial charge in [-0.3, -0.25) is 0 Å². The summed E-state index contributed by atoms with van der Waals surface area (Å²) in [4.78, 5) is 12.1. The Morgan fingerprint density at radius 3 is 2.68 bits per heavy atom. The molecule has 22 heavy (non-hydrogen) atoms. The Kier molecular flexibility index (Phi) is 5.83. The Labute approximate surface area is 133 Å². The van der Waals surface area contributed by atoms with Gasteiger partial charge in [-0.05, 0) is 30.2 Å². The van der Waals surface area contributed by atoms with Crippen LogP contribution in [0.2, 0.25) is 0 Å². The number of hydrogen-bond donors (Lipinski definition) is 3. The van der Waals surface area contributed by atoms with Crippen LogP contribution < -0.4 is 10.6 Å². The van der Waals surface area contributed by atoms with E-state index < -0.39 is 0 Å². The molecule has 1 saturated carbocycles. The Hall–Kier alpha value is -1.55. The summed E-state index contributed by atoms with van der Waals surface area (Å²) in [6.45, 7) is 5.09. The van der Waals surface area contributed by atoms with Gasteiger partial charge in [0.2, 0.25) is 0 Å². The number of urea groups is 1. The maximum absolute atomic E-state index is 12.1. The normalized spacial score (nSPS) is 21.3. The van der Waals surface area contributed by atoms with E-state index in [-0.39, 0.29) is 30.0 Å². The summed E-state index contributed by atoms with van der Waals surface area (Å²) in [5, 5.41) is 15.3. The van der Waals surface area contributed by atoms with Gasteiger partial charge in [0.1, 0.15) is 0 Å². The van der Waals surface area contributed by atoms with E-state index in [0.29, 0.717) is 13.0 Å². The minimum Gasteiger partial charge on any atom is -0.396 e. The van der Waals surface area contributed by atoms with Crippen molar-refractivity contribution in [2.45, 2.75) is 51.5 Å². The summed E-state index contributed by atoms with van der Waals surface area (Å²) in [5.41, 5.74) is 1.33. The van der Waals surface area contributed by atoms with Crippen LogP contribution in [0.5, 0.6) is 0 Å². The van der Waals surface area contributed by atoms with E-state index in [0.717, 1.165) is 18.4 Å². The summed E-state index contributed by atoms with van der Waals surface area (Å²) >= 11 is 0. The van der Waals surface area contributed by atoms with Crippen LogP contribution in [0, 0.1) is 5.41 Å². The molecule has 0 saturated heterocycles. The lowest BCUT2D eigenvalue weighted by Gasteiger charge is -2.28. The van der Waals surface area contributed by atoms with Gasteiger partial charge in [0, 0.05) is 25.1 Å². The number of amides is 2. The highest BCUT2D eigenvalue weighted by Gasteiger charge is 2.35. The minimum absolute atomic E-state index is 0.0983. The van der Waals surface area contributed by atoms with Gasteiger partial charge >= 0.3 is 6.03 Å². The van der Waals surface area contributed by atoms with Crippen molar-refractivity contribution in [1.82, 2.24) is 10.6 Å². The van der Waals surface area contributed by atoms with Crippen LogP contribution >= 0.6 is 0 Å². The molecule has 1 aromatic rings. The summed E-state index contributed by atoms with van der Waals surface area (Å²) < 4.78 is 0. The lowest BCUT2D eigenvalue weighted by molar-refractivity contribution is 0.220. The molecule has 0 heterocycles. The van der Waals surface area contributed by atoms with Crippen LogP contribution in [0.4, 0.5) is 4.79 Å². The molecular weight excluding hydrogens is 276 g/mol. The molecule has 1 aliphatic carbocycles. The highest BCUT2D eigenvalue weighted by atomic mass is 16.3. The van der Waals surface area contributed by atoms with Crippen LogP contribution in [0.3, 0.4) is 0 Å². The fourth-order valence-electron chi connectivity index (χ4n) is 3.29. The van der Waals surface area contributed by atoms with Gasteiger partial charge in [0.25, 0.3) is 0 Å². The molecule has 1 aliphatic rings. The van der Waals surface area contributed by atoms with Crippen LogP contribution in [0.25, 0.3) is 0 Å². The third-order valence-electron chi connectivity index (χ3n) is 4.82. The number of hydrogen-bond acceptors (Lipinski definition) is 2. The zero-order valence-electron chi connectivity index (χ0n) is 13.6. The fraction of sp³-hybridized carbons (Fsp3) is 0.611. The minimum atomic E-state index is -0.0983. The molecule has 2 rings (SSSR count). The third kappa shape index (κ3) is 4.47. The van der Waals surface area contributed by atoms with Gasteiger partial charge in [-0.1, -0.05) is 50.6 Å². The Bertz CT molecular complexity index is 473.